The van der Waals surface area contributed by atoms with Crippen molar-refractivity contribution in [2.45, 2.75) is 11.5 Å². The molecular formula is C19H20F2N6O4S. The Labute approximate surface area is 182 Å². The molecule has 3 heterocycles. The lowest BCUT2D eigenvalue weighted by molar-refractivity contribution is -0.0498. The quantitative estimate of drug-likeness (QED) is 0.590. The molecule has 0 aliphatic carbocycles. The number of aromatic amines is 1. The van der Waals surface area contributed by atoms with E-state index in [1.807, 2.05) is 0 Å². The van der Waals surface area contributed by atoms with Crippen molar-refractivity contribution in [3.63, 3.8) is 0 Å². The van der Waals surface area contributed by atoms with Crippen molar-refractivity contribution in [1.29, 1.82) is 0 Å². The number of alkyl halides is 2. The fourth-order valence-electron chi connectivity index (χ4n) is 3.37. The fourth-order valence-corrected chi connectivity index (χ4v) is 4.78. The maximum Gasteiger partial charge on any atom is 0.387 e. The van der Waals surface area contributed by atoms with Gasteiger partial charge in [-0.05, 0) is 30.3 Å². The van der Waals surface area contributed by atoms with E-state index in [1.54, 1.807) is 30.1 Å². The van der Waals surface area contributed by atoms with E-state index in [9.17, 15) is 22.0 Å². The van der Waals surface area contributed by atoms with Crippen molar-refractivity contribution < 1.29 is 26.7 Å². The number of ether oxygens (including phenoxy) is 1. The van der Waals surface area contributed by atoms with E-state index in [0.717, 1.165) is 0 Å². The fraction of sp³-hybridized carbons (Fsp3) is 0.316. The number of benzene rings is 1. The molecule has 2 aromatic heterocycles. The maximum absolute atomic E-state index is 12.8. The van der Waals surface area contributed by atoms with Crippen LogP contribution in [-0.2, 0) is 17.1 Å². The monoisotopic (exact) mass is 466 g/mol. The van der Waals surface area contributed by atoms with Gasteiger partial charge in [0.2, 0.25) is 10.0 Å². The Morgan fingerprint density at radius 2 is 1.84 bits per heavy atom. The average Bonchev–Trinajstić information content (AvgIpc) is 3.43. The van der Waals surface area contributed by atoms with Gasteiger partial charge in [0.1, 0.15) is 16.3 Å². The molecule has 10 nitrogen and oxygen atoms in total. The summed E-state index contributed by atoms with van der Waals surface area (Å²) in [6.45, 7) is -2.13. The highest BCUT2D eigenvalue weighted by Crippen LogP contribution is 2.23. The Balaban J connectivity index is 1.39. The Hall–Kier alpha value is -3.32. The van der Waals surface area contributed by atoms with Crippen LogP contribution in [0.3, 0.4) is 0 Å². The van der Waals surface area contributed by atoms with Crippen LogP contribution in [0, 0.1) is 0 Å². The molecule has 32 heavy (non-hydrogen) atoms. The number of hydrogen-bond acceptors (Lipinski definition) is 6. The minimum absolute atomic E-state index is 0.0229. The number of aryl methyl sites for hydroxylation is 1. The van der Waals surface area contributed by atoms with Crippen LogP contribution in [0.25, 0.3) is 11.3 Å². The number of sulfonamides is 1. The van der Waals surface area contributed by atoms with Gasteiger partial charge in [0.15, 0.2) is 0 Å². The molecule has 13 heteroatoms. The van der Waals surface area contributed by atoms with Crippen LogP contribution in [0.1, 0.15) is 10.5 Å². The maximum atomic E-state index is 12.8. The Morgan fingerprint density at radius 1 is 1.16 bits per heavy atom. The topological polar surface area (TPSA) is 113 Å². The summed E-state index contributed by atoms with van der Waals surface area (Å²) in [7, 11) is -2.02. The molecule has 3 aromatic rings. The van der Waals surface area contributed by atoms with E-state index in [1.165, 1.54) is 33.5 Å². The molecule has 1 fully saturated rings. The van der Waals surface area contributed by atoms with E-state index in [4.69, 9.17) is 0 Å². The number of nitrogens with one attached hydrogen (secondary N) is 1. The minimum Gasteiger partial charge on any atom is -0.435 e. The average molecular weight is 466 g/mol. The molecule has 1 N–H and O–H groups in total. The first-order valence-electron chi connectivity index (χ1n) is 9.63. The van der Waals surface area contributed by atoms with Crippen molar-refractivity contribution >= 4 is 15.9 Å². The summed E-state index contributed by atoms with van der Waals surface area (Å²) in [6, 6.07) is 7.46. The molecule has 1 aliphatic heterocycles. The summed E-state index contributed by atoms with van der Waals surface area (Å²) < 4.78 is 57.0. The molecule has 1 aliphatic rings. The van der Waals surface area contributed by atoms with E-state index >= 15 is 0 Å². The van der Waals surface area contributed by atoms with Gasteiger partial charge in [-0.15, -0.1) is 0 Å². The van der Waals surface area contributed by atoms with Gasteiger partial charge < -0.3 is 9.64 Å². The SMILES string of the molecule is Cn1cc(S(=O)(=O)N2CCN(C(=O)c3cc(-c4ccc(OC(F)F)cc4)n[nH]3)CC2)cn1. The normalized spacial score (nSPS) is 15.3. The zero-order valence-electron chi connectivity index (χ0n) is 17.0. The molecule has 0 unspecified atom stereocenters. The number of nitrogens with zero attached hydrogens (tertiary/aromatic N) is 5. The second-order valence-corrected chi connectivity index (χ2v) is 9.05. The van der Waals surface area contributed by atoms with Crippen LogP contribution < -0.4 is 4.74 Å². The number of H-pyrrole nitrogens is 1. The van der Waals surface area contributed by atoms with Gasteiger partial charge in [0.05, 0.1) is 11.9 Å². The number of rotatable bonds is 6. The Bertz CT molecular complexity index is 1200. The lowest BCUT2D eigenvalue weighted by Gasteiger charge is -2.33. The standard InChI is InChI=1S/C19H20F2N6O4S/c1-25-12-15(11-22-25)32(29,30)27-8-6-26(7-9-27)18(28)17-10-16(23-24-17)13-2-4-14(5-3-13)31-19(20)21/h2-5,10-12,19H,6-9H2,1H3,(H,23,24). The lowest BCUT2D eigenvalue weighted by Crippen LogP contribution is -2.50. The summed E-state index contributed by atoms with van der Waals surface area (Å²) in [5.41, 5.74) is 1.33. The zero-order valence-corrected chi connectivity index (χ0v) is 17.8. The van der Waals surface area contributed by atoms with Crippen LogP contribution >= 0.6 is 0 Å². The van der Waals surface area contributed by atoms with E-state index < -0.39 is 16.6 Å². The van der Waals surface area contributed by atoms with Crippen molar-refractivity contribution in [2.24, 2.45) is 7.05 Å². The molecular weight excluding hydrogens is 446 g/mol. The van der Waals surface area contributed by atoms with Gasteiger partial charge in [-0.25, -0.2) is 8.42 Å². The van der Waals surface area contributed by atoms with Gasteiger partial charge >= 0.3 is 6.61 Å². The van der Waals surface area contributed by atoms with Crippen LogP contribution in [0.15, 0.2) is 47.6 Å². The summed E-state index contributed by atoms with van der Waals surface area (Å²) in [5.74, 6) is -0.283. The number of piperazine rings is 1. The third kappa shape index (κ3) is 4.48. The summed E-state index contributed by atoms with van der Waals surface area (Å²) in [5, 5.41) is 10.7. The predicted octanol–water partition coefficient (Wildman–Crippen LogP) is 1.56. The smallest absolute Gasteiger partial charge is 0.387 e. The van der Waals surface area contributed by atoms with Gasteiger partial charge in [-0.2, -0.15) is 23.3 Å². The van der Waals surface area contributed by atoms with E-state index in [-0.39, 0.29) is 48.4 Å². The van der Waals surface area contributed by atoms with Crippen LogP contribution in [0.2, 0.25) is 0 Å². The first-order valence-corrected chi connectivity index (χ1v) is 11.1. The van der Waals surface area contributed by atoms with Crippen molar-refractivity contribution in [1.82, 2.24) is 29.2 Å². The highest BCUT2D eigenvalue weighted by Gasteiger charge is 2.31. The first-order chi connectivity index (χ1) is 15.2. The summed E-state index contributed by atoms with van der Waals surface area (Å²) in [6.07, 6.45) is 2.73. The highest BCUT2D eigenvalue weighted by molar-refractivity contribution is 7.89. The second kappa shape index (κ2) is 8.67. The Morgan fingerprint density at radius 3 is 2.44 bits per heavy atom. The molecule has 1 saturated heterocycles. The van der Waals surface area contributed by atoms with Crippen molar-refractivity contribution in [3.8, 4) is 17.0 Å². The molecule has 0 atom stereocenters. The molecule has 0 radical (unpaired) electrons. The van der Waals surface area contributed by atoms with Crippen LogP contribution in [0.4, 0.5) is 8.78 Å². The second-order valence-electron chi connectivity index (χ2n) is 7.12. The van der Waals surface area contributed by atoms with Crippen molar-refractivity contribution in [3.05, 3.63) is 48.4 Å². The van der Waals surface area contributed by atoms with E-state index in [2.05, 4.69) is 20.0 Å². The van der Waals surface area contributed by atoms with E-state index in [0.29, 0.717) is 11.3 Å². The molecule has 0 saturated carbocycles. The number of halogens is 2. The minimum atomic E-state index is -3.66. The Kier molecular flexibility index (Phi) is 5.93. The van der Waals surface area contributed by atoms with Gasteiger partial charge in [0.25, 0.3) is 5.91 Å². The molecule has 1 amide bonds. The summed E-state index contributed by atoms with van der Waals surface area (Å²) >= 11 is 0. The molecule has 4 rings (SSSR count). The van der Waals surface area contributed by atoms with Gasteiger partial charge in [0, 0.05) is 45.0 Å². The highest BCUT2D eigenvalue weighted by atomic mass is 32.2. The largest absolute Gasteiger partial charge is 0.435 e. The summed E-state index contributed by atoms with van der Waals surface area (Å²) in [4.78, 5) is 14.5. The predicted molar refractivity (Wildman–Crippen MR) is 109 cm³/mol. The van der Waals surface area contributed by atoms with Crippen molar-refractivity contribution in [2.75, 3.05) is 26.2 Å². The molecule has 0 bridgehead atoms. The van der Waals surface area contributed by atoms with Gasteiger partial charge in [-0.3, -0.25) is 14.6 Å². The first kappa shape index (κ1) is 21.9. The van der Waals surface area contributed by atoms with Crippen LogP contribution in [0.5, 0.6) is 5.75 Å². The zero-order chi connectivity index (χ0) is 22.9. The van der Waals surface area contributed by atoms with Crippen LogP contribution in [-0.4, -0.2) is 76.3 Å². The third-order valence-electron chi connectivity index (χ3n) is 5.03. The number of carbonyl (C=O) groups excluding carboxylic acids is 1. The third-order valence-corrected chi connectivity index (χ3v) is 6.88. The number of carbonyl (C=O) groups is 1. The lowest BCUT2D eigenvalue weighted by atomic mass is 10.1. The number of hydrogen-bond donors (Lipinski definition) is 1. The van der Waals surface area contributed by atoms with Gasteiger partial charge in [-0.1, -0.05) is 0 Å². The molecule has 0 spiro atoms. The molecule has 170 valence electrons. The molecule has 1 aromatic carbocycles. The number of aromatic nitrogens is 4. The number of amides is 1.